The molecule has 3 nitrogen and oxygen atoms in total. The van der Waals surface area contributed by atoms with Crippen LogP contribution in [0.3, 0.4) is 0 Å². The number of aryl methyl sites for hydroxylation is 3. The topological polar surface area (TPSA) is 42.0 Å². The lowest BCUT2D eigenvalue weighted by atomic mass is 10.1. The summed E-state index contributed by atoms with van der Waals surface area (Å²) in [6, 6.07) is 9.83. The van der Waals surface area contributed by atoms with Crippen molar-refractivity contribution in [2.75, 3.05) is 5.32 Å². The molecule has 0 atom stereocenters. The van der Waals surface area contributed by atoms with Gasteiger partial charge in [-0.05, 0) is 61.2 Å². The Morgan fingerprint density at radius 2 is 1.84 bits per heavy atom. The molecule has 2 aromatic rings. The number of carbonyl (C=O) groups excluding carboxylic acids is 1. The molecule has 3 heteroatoms. The molecule has 1 aromatic carbocycles. The van der Waals surface area contributed by atoms with Crippen molar-refractivity contribution in [2.45, 2.75) is 26.7 Å². The summed E-state index contributed by atoms with van der Waals surface area (Å²) in [4.78, 5) is 15.8. The van der Waals surface area contributed by atoms with Crippen molar-refractivity contribution in [3.8, 4) is 0 Å². The average Bonchev–Trinajstić information content (AvgIpc) is 2.42. The van der Waals surface area contributed by atoms with E-state index in [1.165, 1.54) is 11.1 Å². The largest absolute Gasteiger partial charge is 0.326 e. The Hall–Kier alpha value is -2.16. The zero-order valence-corrected chi connectivity index (χ0v) is 11.3. The minimum atomic E-state index is 0.0417. The minimum Gasteiger partial charge on any atom is -0.326 e. The molecule has 0 saturated carbocycles. The molecular weight excluding hydrogens is 236 g/mol. The number of rotatable bonds is 4. The van der Waals surface area contributed by atoms with Crippen LogP contribution in [0.1, 0.15) is 23.1 Å². The summed E-state index contributed by atoms with van der Waals surface area (Å²) in [7, 11) is 0. The first-order valence-electron chi connectivity index (χ1n) is 6.41. The van der Waals surface area contributed by atoms with Gasteiger partial charge in [-0.15, -0.1) is 0 Å². The number of anilines is 1. The second kappa shape index (κ2) is 6.14. The minimum absolute atomic E-state index is 0.0417. The monoisotopic (exact) mass is 254 g/mol. The summed E-state index contributed by atoms with van der Waals surface area (Å²) in [6.45, 7) is 4.10. The van der Waals surface area contributed by atoms with Crippen LogP contribution in [-0.2, 0) is 11.2 Å². The fourth-order valence-corrected chi connectivity index (χ4v) is 1.85. The Kier molecular flexibility index (Phi) is 4.29. The average molecular weight is 254 g/mol. The van der Waals surface area contributed by atoms with Crippen molar-refractivity contribution in [3.63, 3.8) is 0 Å². The van der Waals surface area contributed by atoms with E-state index in [1.807, 2.05) is 37.3 Å². The van der Waals surface area contributed by atoms with Gasteiger partial charge in [-0.3, -0.25) is 9.78 Å². The molecule has 0 fully saturated rings. The molecule has 1 N–H and O–H groups in total. The third kappa shape index (κ3) is 3.91. The van der Waals surface area contributed by atoms with E-state index in [2.05, 4.69) is 17.2 Å². The summed E-state index contributed by atoms with van der Waals surface area (Å²) in [5, 5.41) is 2.93. The van der Waals surface area contributed by atoms with Gasteiger partial charge in [0.05, 0.1) is 0 Å². The van der Waals surface area contributed by atoms with Crippen molar-refractivity contribution < 1.29 is 4.79 Å². The van der Waals surface area contributed by atoms with E-state index in [0.29, 0.717) is 6.42 Å². The predicted molar refractivity (Wildman–Crippen MR) is 77.1 cm³/mol. The molecule has 19 heavy (non-hydrogen) atoms. The third-order valence-corrected chi connectivity index (χ3v) is 3.18. The molecule has 0 aliphatic carbocycles. The number of aromatic nitrogens is 1. The van der Waals surface area contributed by atoms with Crippen LogP contribution in [-0.4, -0.2) is 10.9 Å². The quantitative estimate of drug-likeness (QED) is 0.909. The number of benzene rings is 1. The molecule has 0 radical (unpaired) electrons. The standard InChI is InChI=1S/C16H18N2O/c1-12-3-5-15(11-13(12)2)18-16(19)6-4-14-7-9-17-10-8-14/h3,5,7-11H,4,6H2,1-2H3,(H,18,19). The lowest BCUT2D eigenvalue weighted by Gasteiger charge is -2.07. The number of nitrogens with zero attached hydrogens (tertiary/aromatic N) is 1. The van der Waals surface area contributed by atoms with Gasteiger partial charge in [0.25, 0.3) is 0 Å². The summed E-state index contributed by atoms with van der Waals surface area (Å²) in [6.07, 6.45) is 4.71. The van der Waals surface area contributed by atoms with Crippen LogP contribution in [0.25, 0.3) is 0 Å². The molecular formula is C16H18N2O. The van der Waals surface area contributed by atoms with Crippen LogP contribution in [0, 0.1) is 13.8 Å². The fourth-order valence-electron chi connectivity index (χ4n) is 1.85. The molecule has 98 valence electrons. The third-order valence-electron chi connectivity index (χ3n) is 3.18. The summed E-state index contributed by atoms with van der Waals surface area (Å²) < 4.78 is 0. The van der Waals surface area contributed by atoms with Gasteiger partial charge >= 0.3 is 0 Å². The highest BCUT2D eigenvalue weighted by atomic mass is 16.1. The number of carbonyl (C=O) groups is 1. The molecule has 0 aliphatic heterocycles. The van der Waals surface area contributed by atoms with E-state index in [1.54, 1.807) is 12.4 Å². The zero-order chi connectivity index (χ0) is 13.7. The van der Waals surface area contributed by atoms with Crippen LogP contribution < -0.4 is 5.32 Å². The lowest BCUT2D eigenvalue weighted by molar-refractivity contribution is -0.116. The first-order chi connectivity index (χ1) is 9.15. The van der Waals surface area contributed by atoms with Gasteiger partial charge < -0.3 is 5.32 Å². The molecule has 0 bridgehead atoms. The highest BCUT2D eigenvalue weighted by molar-refractivity contribution is 5.90. The van der Waals surface area contributed by atoms with E-state index in [-0.39, 0.29) is 5.91 Å². The van der Waals surface area contributed by atoms with E-state index < -0.39 is 0 Å². The fraction of sp³-hybridized carbons (Fsp3) is 0.250. The maximum Gasteiger partial charge on any atom is 0.224 e. The molecule has 1 aromatic heterocycles. The van der Waals surface area contributed by atoms with Crippen LogP contribution in [0.15, 0.2) is 42.7 Å². The van der Waals surface area contributed by atoms with Crippen molar-refractivity contribution in [2.24, 2.45) is 0 Å². The molecule has 0 aliphatic rings. The van der Waals surface area contributed by atoms with Gasteiger partial charge in [0.2, 0.25) is 5.91 Å². The summed E-state index contributed by atoms with van der Waals surface area (Å²) >= 11 is 0. The molecule has 1 heterocycles. The van der Waals surface area contributed by atoms with Crippen molar-refractivity contribution >= 4 is 11.6 Å². The Balaban J connectivity index is 1.89. The van der Waals surface area contributed by atoms with E-state index in [4.69, 9.17) is 0 Å². The summed E-state index contributed by atoms with van der Waals surface area (Å²) in [5.41, 5.74) is 4.41. The highest BCUT2D eigenvalue weighted by Crippen LogP contribution is 2.14. The van der Waals surface area contributed by atoms with Crippen molar-refractivity contribution in [1.29, 1.82) is 0 Å². The van der Waals surface area contributed by atoms with Crippen LogP contribution in [0.2, 0.25) is 0 Å². The van der Waals surface area contributed by atoms with Gasteiger partial charge in [0.15, 0.2) is 0 Å². The summed E-state index contributed by atoms with van der Waals surface area (Å²) in [5.74, 6) is 0.0417. The highest BCUT2D eigenvalue weighted by Gasteiger charge is 2.04. The first kappa shape index (κ1) is 13.3. The smallest absolute Gasteiger partial charge is 0.224 e. The van der Waals surface area contributed by atoms with E-state index in [0.717, 1.165) is 17.7 Å². The SMILES string of the molecule is Cc1ccc(NC(=O)CCc2ccncc2)cc1C. The Labute approximate surface area is 113 Å². The number of amides is 1. The molecule has 2 rings (SSSR count). The molecule has 0 spiro atoms. The van der Waals surface area contributed by atoms with Gasteiger partial charge in [-0.1, -0.05) is 6.07 Å². The Morgan fingerprint density at radius 3 is 2.53 bits per heavy atom. The van der Waals surface area contributed by atoms with Gasteiger partial charge in [-0.25, -0.2) is 0 Å². The first-order valence-corrected chi connectivity index (χ1v) is 6.41. The predicted octanol–water partition coefficient (Wildman–Crippen LogP) is 3.27. The van der Waals surface area contributed by atoms with Crippen LogP contribution in [0.5, 0.6) is 0 Å². The number of nitrogens with one attached hydrogen (secondary N) is 1. The van der Waals surface area contributed by atoms with Crippen LogP contribution >= 0.6 is 0 Å². The second-order valence-corrected chi connectivity index (χ2v) is 4.70. The van der Waals surface area contributed by atoms with Crippen LogP contribution in [0.4, 0.5) is 5.69 Å². The van der Waals surface area contributed by atoms with E-state index in [9.17, 15) is 4.79 Å². The maximum absolute atomic E-state index is 11.9. The number of hydrogen-bond donors (Lipinski definition) is 1. The molecule has 0 unspecified atom stereocenters. The van der Waals surface area contributed by atoms with Crippen molar-refractivity contribution in [3.05, 3.63) is 59.4 Å². The van der Waals surface area contributed by atoms with Gasteiger partial charge in [0.1, 0.15) is 0 Å². The van der Waals surface area contributed by atoms with Gasteiger partial charge in [0, 0.05) is 24.5 Å². The number of pyridine rings is 1. The van der Waals surface area contributed by atoms with Crippen molar-refractivity contribution in [1.82, 2.24) is 4.98 Å². The Bertz CT molecular complexity index is 564. The zero-order valence-electron chi connectivity index (χ0n) is 11.3. The molecule has 0 saturated heterocycles. The van der Waals surface area contributed by atoms with E-state index >= 15 is 0 Å². The second-order valence-electron chi connectivity index (χ2n) is 4.70. The van der Waals surface area contributed by atoms with Gasteiger partial charge in [-0.2, -0.15) is 0 Å². The normalized spacial score (nSPS) is 10.2. The maximum atomic E-state index is 11.9. The lowest BCUT2D eigenvalue weighted by Crippen LogP contribution is -2.12. The number of hydrogen-bond acceptors (Lipinski definition) is 2. The molecule has 1 amide bonds. The Morgan fingerprint density at radius 1 is 1.11 bits per heavy atom.